The minimum Gasteiger partial charge on any atom is -0.497 e. The molecular weight excluding hydrogens is 414 g/mol. The summed E-state index contributed by atoms with van der Waals surface area (Å²) in [6, 6.07) is 20.1. The maximum Gasteiger partial charge on any atom is 0.259 e. The topological polar surface area (TPSA) is 55.5 Å². The molecule has 0 atom stereocenters. The van der Waals surface area contributed by atoms with Gasteiger partial charge in [0.15, 0.2) is 5.82 Å². The predicted molar refractivity (Wildman–Crippen MR) is 129 cm³/mol. The minimum absolute atomic E-state index is 0.00597. The number of anilines is 1. The first kappa shape index (κ1) is 20.9. The van der Waals surface area contributed by atoms with Gasteiger partial charge in [0, 0.05) is 44.3 Å². The standard InChI is InChI=1S/C26H27N5O2/c1-20-5-7-22(8-6-20)31-25(29-13-3-4-14-29)24(19-27-31)26(32)30-17-15-28(16-18-30)21-9-11-23(33-2)12-10-21/h3-14,19H,15-18H2,1-2H3. The molecule has 1 aliphatic heterocycles. The largest absolute Gasteiger partial charge is 0.497 e. The molecule has 3 heterocycles. The van der Waals surface area contributed by atoms with Gasteiger partial charge >= 0.3 is 0 Å². The van der Waals surface area contributed by atoms with Crippen molar-refractivity contribution in [3.8, 4) is 17.3 Å². The molecule has 0 radical (unpaired) electrons. The second-order valence-electron chi connectivity index (χ2n) is 8.20. The number of aromatic nitrogens is 3. The van der Waals surface area contributed by atoms with E-state index in [4.69, 9.17) is 4.74 Å². The first-order valence-electron chi connectivity index (χ1n) is 11.1. The molecule has 2 aromatic heterocycles. The Morgan fingerprint density at radius 1 is 0.879 bits per heavy atom. The van der Waals surface area contributed by atoms with Crippen molar-refractivity contribution in [2.45, 2.75) is 6.92 Å². The lowest BCUT2D eigenvalue weighted by Crippen LogP contribution is -2.48. The summed E-state index contributed by atoms with van der Waals surface area (Å²) in [5.74, 6) is 1.61. The van der Waals surface area contributed by atoms with E-state index in [2.05, 4.69) is 41.2 Å². The summed E-state index contributed by atoms with van der Waals surface area (Å²) >= 11 is 0. The Balaban J connectivity index is 1.38. The molecule has 5 rings (SSSR count). The van der Waals surface area contributed by atoms with E-state index < -0.39 is 0 Å². The number of aryl methyl sites for hydroxylation is 1. The van der Waals surface area contributed by atoms with E-state index >= 15 is 0 Å². The maximum absolute atomic E-state index is 13.6. The Labute approximate surface area is 193 Å². The highest BCUT2D eigenvalue weighted by atomic mass is 16.5. The summed E-state index contributed by atoms with van der Waals surface area (Å²) in [4.78, 5) is 17.8. The van der Waals surface area contributed by atoms with Crippen molar-refractivity contribution in [3.05, 3.63) is 90.4 Å². The SMILES string of the molecule is COc1ccc(N2CCN(C(=O)c3cnn(-c4ccc(C)cc4)c3-n3cccc3)CC2)cc1. The number of amides is 1. The van der Waals surface area contributed by atoms with Gasteiger partial charge in [0.25, 0.3) is 5.91 Å². The molecule has 1 aliphatic rings. The maximum atomic E-state index is 13.6. The smallest absolute Gasteiger partial charge is 0.259 e. The van der Waals surface area contributed by atoms with Crippen molar-refractivity contribution >= 4 is 11.6 Å². The number of carbonyl (C=O) groups excluding carboxylic acids is 1. The molecule has 0 spiro atoms. The first-order valence-corrected chi connectivity index (χ1v) is 11.1. The second-order valence-corrected chi connectivity index (χ2v) is 8.20. The molecule has 1 amide bonds. The summed E-state index contributed by atoms with van der Waals surface area (Å²) in [5.41, 5.74) is 3.85. The van der Waals surface area contributed by atoms with Crippen molar-refractivity contribution in [2.75, 3.05) is 38.2 Å². The predicted octanol–water partition coefficient (Wildman–Crippen LogP) is 3.94. The monoisotopic (exact) mass is 441 g/mol. The van der Waals surface area contributed by atoms with Crippen LogP contribution in [0.4, 0.5) is 5.69 Å². The molecule has 7 heteroatoms. The number of carbonyl (C=O) groups is 1. The number of hydrogen-bond acceptors (Lipinski definition) is 4. The van der Waals surface area contributed by atoms with Gasteiger partial charge in [-0.3, -0.25) is 4.79 Å². The van der Waals surface area contributed by atoms with E-state index in [1.165, 1.54) is 5.56 Å². The van der Waals surface area contributed by atoms with Gasteiger partial charge in [-0.1, -0.05) is 17.7 Å². The summed E-state index contributed by atoms with van der Waals surface area (Å²) in [6.07, 6.45) is 5.58. The zero-order valence-electron chi connectivity index (χ0n) is 18.9. The molecule has 0 saturated carbocycles. The highest BCUT2D eigenvalue weighted by Crippen LogP contribution is 2.24. The number of rotatable bonds is 5. The molecule has 0 N–H and O–H groups in total. The van der Waals surface area contributed by atoms with Crippen molar-refractivity contribution < 1.29 is 9.53 Å². The van der Waals surface area contributed by atoms with Gasteiger partial charge in [-0.05, 0) is 55.5 Å². The van der Waals surface area contributed by atoms with E-state index in [0.717, 1.165) is 36.0 Å². The molecule has 168 valence electrons. The summed E-state index contributed by atoms with van der Waals surface area (Å²) in [7, 11) is 1.67. The summed E-state index contributed by atoms with van der Waals surface area (Å²) < 4.78 is 9.04. The zero-order chi connectivity index (χ0) is 22.8. The lowest BCUT2D eigenvalue weighted by atomic mass is 10.2. The van der Waals surface area contributed by atoms with Crippen LogP contribution >= 0.6 is 0 Å². The average molecular weight is 442 g/mol. The second kappa shape index (κ2) is 8.86. The normalized spacial score (nSPS) is 13.9. The molecule has 1 fully saturated rings. The Morgan fingerprint density at radius 2 is 1.52 bits per heavy atom. The number of nitrogens with zero attached hydrogens (tertiary/aromatic N) is 5. The van der Waals surface area contributed by atoms with Crippen LogP contribution in [0.25, 0.3) is 11.5 Å². The van der Waals surface area contributed by atoms with E-state index in [-0.39, 0.29) is 5.91 Å². The molecule has 2 aromatic carbocycles. The van der Waals surface area contributed by atoms with Crippen LogP contribution in [0.1, 0.15) is 15.9 Å². The Kier molecular flexibility index (Phi) is 5.60. The van der Waals surface area contributed by atoms with Crippen LogP contribution in [-0.2, 0) is 0 Å². The van der Waals surface area contributed by atoms with Gasteiger partial charge in [-0.2, -0.15) is 5.10 Å². The van der Waals surface area contributed by atoms with Crippen molar-refractivity contribution in [2.24, 2.45) is 0 Å². The molecule has 4 aromatic rings. The minimum atomic E-state index is 0.00597. The Hall–Kier alpha value is -4.00. The number of hydrogen-bond donors (Lipinski definition) is 0. The highest BCUT2D eigenvalue weighted by molar-refractivity contribution is 5.97. The third kappa shape index (κ3) is 4.09. The van der Waals surface area contributed by atoms with Crippen LogP contribution < -0.4 is 9.64 Å². The molecule has 0 bridgehead atoms. The third-order valence-corrected chi connectivity index (χ3v) is 6.11. The number of benzene rings is 2. The number of methoxy groups -OCH3 is 1. The fourth-order valence-corrected chi connectivity index (χ4v) is 4.22. The average Bonchev–Trinajstić information content (AvgIpc) is 3.54. The quantitative estimate of drug-likeness (QED) is 0.471. The van der Waals surface area contributed by atoms with E-state index in [0.29, 0.717) is 18.7 Å². The van der Waals surface area contributed by atoms with E-state index in [1.54, 1.807) is 13.3 Å². The first-order chi connectivity index (χ1) is 16.1. The molecule has 33 heavy (non-hydrogen) atoms. The van der Waals surface area contributed by atoms with Crippen LogP contribution in [0.3, 0.4) is 0 Å². The lowest BCUT2D eigenvalue weighted by molar-refractivity contribution is 0.0747. The van der Waals surface area contributed by atoms with Crippen LogP contribution in [0.5, 0.6) is 5.75 Å². The lowest BCUT2D eigenvalue weighted by Gasteiger charge is -2.36. The Morgan fingerprint density at radius 3 is 2.15 bits per heavy atom. The van der Waals surface area contributed by atoms with Crippen LogP contribution in [-0.4, -0.2) is 58.4 Å². The number of ether oxygens (including phenoxy) is 1. The van der Waals surface area contributed by atoms with Crippen molar-refractivity contribution in [1.82, 2.24) is 19.2 Å². The fourth-order valence-electron chi connectivity index (χ4n) is 4.22. The summed E-state index contributed by atoms with van der Waals surface area (Å²) in [6.45, 7) is 4.93. The summed E-state index contributed by atoms with van der Waals surface area (Å²) in [5, 5.41) is 4.59. The van der Waals surface area contributed by atoms with Crippen molar-refractivity contribution in [1.29, 1.82) is 0 Å². The molecule has 7 nitrogen and oxygen atoms in total. The third-order valence-electron chi connectivity index (χ3n) is 6.11. The number of piperazine rings is 1. The fraction of sp³-hybridized carbons (Fsp3) is 0.231. The molecular formula is C26H27N5O2. The van der Waals surface area contributed by atoms with E-state index in [1.807, 2.05) is 62.9 Å². The van der Waals surface area contributed by atoms with Gasteiger partial charge in [0.05, 0.1) is 19.0 Å². The van der Waals surface area contributed by atoms with Gasteiger partial charge in [0.1, 0.15) is 11.3 Å². The Bertz CT molecular complexity index is 1220. The molecule has 1 saturated heterocycles. The van der Waals surface area contributed by atoms with Crippen LogP contribution in [0.2, 0.25) is 0 Å². The van der Waals surface area contributed by atoms with Gasteiger partial charge < -0.3 is 19.1 Å². The van der Waals surface area contributed by atoms with Gasteiger partial charge in [-0.15, -0.1) is 0 Å². The van der Waals surface area contributed by atoms with Gasteiger partial charge in [-0.25, -0.2) is 4.68 Å². The van der Waals surface area contributed by atoms with Crippen LogP contribution in [0.15, 0.2) is 79.3 Å². The van der Waals surface area contributed by atoms with Crippen molar-refractivity contribution in [3.63, 3.8) is 0 Å². The molecule has 0 aliphatic carbocycles. The van der Waals surface area contributed by atoms with Crippen LogP contribution in [0, 0.1) is 6.92 Å². The molecule has 0 unspecified atom stereocenters. The van der Waals surface area contributed by atoms with Gasteiger partial charge in [0.2, 0.25) is 0 Å². The highest BCUT2D eigenvalue weighted by Gasteiger charge is 2.27. The zero-order valence-corrected chi connectivity index (χ0v) is 18.9. The van der Waals surface area contributed by atoms with E-state index in [9.17, 15) is 4.79 Å².